The minimum atomic E-state index is 0.103. The summed E-state index contributed by atoms with van der Waals surface area (Å²) in [4.78, 5) is 16.3. The molecule has 0 aromatic carbocycles. The number of fused-ring (bicyclic) bond motifs is 2. The van der Waals surface area contributed by atoms with Crippen LogP contribution in [0, 0.1) is 0 Å². The molecule has 8 rings (SSSR count). The summed E-state index contributed by atoms with van der Waals surface area (Å²) in [6.45, 7) is 2.71. The molecule has 12 heteroatoms. The standard InChI is InChI=1S/2C12H14N4O2/c2*1-3-15(7-13-1)9-5-17-12-10(6-18-11(9)12)16-4-2-14-8-16/h2*1-4,7-12H,5-6H2/t2*9-,10-,11+,12+/m00/s1. The van der Waals surface area contributed by atoms with E-state index in [1.165, 1.54) is 0 Å². The van der Waals surface area contributed by atoms with Crippen LogP contribution in [0.1, 0.15) is 24.2 Å². The second kappa shape index (κ2) is 9.28. The van der Waals surface area contributed by atoms with Gasteiger partial charge in [0.2, 0.25) is 0 Å². The summed E-state index contributed by atoms with van der Waals surface area (Å²) in [6, 6.07) is 0.911. The summed E-state index contributed by atoms with van der Waals surface area (Å²) in [5.41, 5.74) is 0. The van der Waals surface area contributed by atoms with Crippen LogP contribution >= 0.6 is 0 Å². The Labute approximate surface area is 207 Å². The molecule has 4 saturated heterocycles. The van der Waals surface area contributed by atoms with Crippen molar-refractivity contribution in [2.75, 3.05) is 26.4 Å². The number of imidazole rings is 4. The number of rotatable bonds is 4. The highest BCUT2D eigenvalue weighted by molar-refractivity contribution is 5.03. The molecule has 12 nitrogen and oxygen atoms in total. The first-order valence-corrected chi connectivity index (χ1v) is 12.2. The van der Waals surface area contributed by atoms with Gasteiger partial charge in [0.15, 0.2) is 0 Å². The number of aromatic nitrogens is 8. The molecule has 8 heterocycles. The van der Waals surface area contributed by atoms with E-state index in [0.717, 1.165) is 0 Å². The molecule has 0 radical (unpaired) electrons. The first kappa shape index (κ1) is 21.9. The smallest absolute Gasteiger partial charge is 0.109 e. The lowest BCUT2D eigenvalue weighted by Gasteiger charge is -2.17. The van der Waals surface area contributed by atoms with Crippen LogP contribution in [0.25, 0.3) is 0 Å². The Morgan fingerprint density at radius 1 is 0.417 bits per heavy atom. The largest absolute Gasteiger partial charge is 0.371 e. The van der Waals surface area contributed by atoms with Crippen molar-refractivity contribution in [1.29, 1.82) is 0 Å². The van der Waals surface area contributed by atoms with Gasteiger partial charge in [0.05, 0.1) is 75.9 Å². The topological polar surface area (TPSA) is 108 Å². The first-order chi connectivity index (χ1) is 17.9. The lowest BCUT2D eigenvalue weighted by Crippen LogP contribution is -2.28. The van der Waals surface area contributed by atoms with Gasteiger partial charge in [-0.25, -0.2) is 19.9 Å². The lowest BCUT2D eigenvalue weighted by atomic mass is 10.1. The van der Waals surface area contributed by atoms with Crippen molar-refractivity contribution >= 4 is 0 Å². The van der Waals surface area contributed by atoms with Crippen molar-refractivity contribution in [3.63, 3.8) is 0 Å². The van der Waals surface area contributed by atoms with Gasteiger partial charge in [-0.2, -0.15) is 0 Å². The van der Waals surface area contributed by atoms with Crippen molar-refractivity contribution in [2.24, 2.45) is 0 Å². The molecule has 0 N–H and O–H groups in total. The second-order valence-corrected chi connectivity index (χ2v) is 9.50. The fourth-order valence-electron chi connectivity index (χ4n) is 5.80. The molecule has 0 saturated carbocycles. The van der Waals surface area contributed by atoms with Crippen LogP contribution in [0.2, 0.25) is 0 Å². The summed E-state index contributed by atoms with van der Waals surface area (Å²) < 4.78 is 32.0. The Morgan fingerprint density at radius 2 is 0.667 bits per heavy atom. The number of hydrogen-bond acceptors (Lipinski definition) is 8. The van der Waals surface area contributed by atoms with Gasteiger partial charge in [-0.05, 0) is 0 Å². The normalized spacial score (nSPS) is 34.9. The summed E-state index contributed by atoms with van der Waals surface area (Å²) in [5.74, 6) is 0. The zero-order valence-electron chi connectivity index (χ0n) is 19.6. The quantitative estimate of drug-likeness (QED) is 0.420. The van der Waals surface area contributed by atoms with Crippen molar-refractivity contribution in [3.05, 3.63) is 74.9 Å². The highest BCUT2D eigenvalue weighted by Gasteiger charge is 2.49. The Kier molecular flexibility index (Phi) is 5.65. The predicted octanol–water partition coefficient (Wildman–Crippen LogP) is 1.32. The molecule has 8 atom stereocenters. The van der Waals surface area contributed by atoms with Gasteiger partial charge in [0.1, 0.15) is 24.4 Å². The molecule has 4 aromatic heterocycles. The first-order valence-electron chi connectivity index (χ1n) is 12.2. The van der Waals surface area contributed by atoms with Crippen molar-refractivity contribution in [1.82, 2.24) is 38.2 Å². The van der Waals surface area contributed by atoms with E-state index >= 15 is 0 Å². The summed E-state index contributed by atoms with van der Waals surface area (Å²) in [7, 11) is 0. The maximum Gasteiger partial charge on any atom is 0.109 e. The molecule has 4 aliphatic heterocycles. The maximum absolute atomic E-state index is 5.93. The summed E-state index contributed by atoms with van der Waals surface area (Å²) in [5, 5.41) is 0. The number of hydrogen-bond donors (Lipinski definition) is 0. The van der Waals surface area contributed by atoms with Crippen molar-refractivity contribution < 1.29 is 18.9 Å². The van der Waals surface area contributed by atoms with E-state index < -0.39 is 0 Å². The van der Waals surface area contributed by atoms with Gasteiger partial charge in [-0.3, -0.25) is 0 Å². The third-order valence-corrected chi connectivity index (χ3v) is 7.63. The van der Waals surface area contributed by atoms with Crippen LogP contribution in [0.15, 0.2) is 74.9 Å². The maximum atomic E-state index is 5.93. The van der Waals surface area contributed by atoms with Crippen LogP contribution in [0.3, 0.4) is 0 Å². The average Bonchev–Trinajstić information content (AvgIpc) is 3.74. The van der Waals surface area contributed by atoms with Gasteiger partial charge < -0.3 is 37.2 Å². The average molecular weight is 493 g/mol. The van der Waals surface area contributed by atoms with E-state index in [9.17, 15) is 0 Å². The Hall–Kier alpha value is -3.32. The second-order valence-electron chi connectivity index (χ2n) is 9.50. The Morgan fingerprint density at radius 3 is 0.861 bits per heavy atom. The van der Waals surface area contributed by atoms with E-state index in [-0.39, 0.29) is 48.6 Å². The van der Waals surface area contributed by atoms with E-state index in [1.807, 2.05) is 50.1 Å². The Bertz CT molecular complexity index is 1020. The Balaban J connectivity index is 0.000000122. The molecule has 4 aromatic rings. The lowest BCUT2D eigenvalue weighted by molar-refractivity contribution is 0.0618. The fraction of sp³-hybridized carbons (Fsp3) is 0.500. The minimum absolute atomic E-state index is 0.103. The monoisotopic (exact) mass is 492 g/mol. The third kappa shape index (κ3) is 3.77. The molecule has 0 aliphatic carbocycles. The highest BCUT2D eigenvalue weighted by Crippen LogP contribution is 2.40. The number of ether oxygens (including phenoxy) is 4. The van der Waals surface area contributed by atoms with E-state index in [4.69, 9.17) is 18.9 Å². The molecule has 4 fully saturated rings. The molecule has 188 valence electrons. The van der Waals surface area contributed by atoms with Gasteiger partial charge in [0, 0.05) is 49.6 Å². The van der Waals surface area contributed by atoms with E-state index in [1.54, 1.807) is 24.8 Å². The molecule has 0 bridgehead atoms. The molecular weight excluding hydrogens is 464 g/mol. The SMILES string of the molecule is c1cn([C@H]2CO[C@H]3[C@@H]2OC[C@@H]3n2ccnc2)cn1.c1cn([C@H]2CO[C@H]3[C@@H]2OC[C@@H]3n2ccnc2)cn1. The highest BCUT2D eigenvalue weighted by atomic mass is 16.6. The number of nitrogens with zero attached hydrogens (tertiary/aromatic N) is 8. The fourth-order valence-corrected chi connectivity index (χ4v) is 5.80. The third-order valence-electron chi connectivity index (χ3n) is 7.63. The van der Waals surface area contributed by atoms with Crippen molar-refractivity contribution in [3.8, 4) is 0 Å². The van der Waals surface area contributed by atoms with Crippen LogP contribution in [0.4, 0.5) is 0 Å². The van der Waals surface area contributed by atoms with Gasteiger partial charge in [-0.15, -0.1) is 0 Å². The van der Waals surface area contributed by atoms with Gasteiger partial charge >= 0.3 is 0 Å². The van der Waals surface area contributed by atoms with E-state index in [0.29, 0.717) is 26.4 Å². The molecule has 4 aliphatic rings. The molecule has 36 heavy (non-hydrogen) atoms. The van der Waals surface area contributed by atoms with Crippen LogP contribution < -0.4 is 0 Å². The zero-order valence-corrected chi connectivity index (χ0v) is 19.6. The van der Waals surface area contributed by atoms with Crippen molar-refractivity contribution in [2.45, 2.75) is 48.6 Å². The minimum Gasteiger partial charge on any atom is -0.371 e. The molecule has 0 amide bonds. The van der Waals surface area contributed by atoms with Crippen LogP contribution in [-0.2, 0) is 18.9 Å². The van der Waals surface area contributed by atoms with Gasteiger partial charge in [-0.1, -0.05) is 0 Å². The zero-order chi connectivity index (χ0) is 23.9. The van der Waals surface area contributed by atoms with Gasteiger partial charge in [0.25, 0.3) is 0 Å². The van der Waals surface area contributed by atoms with Crippen LogP contribution in [-0.4, -0.2) is 89.0 Å². The molecular formula is C24H28N8O4. The predicted molar refractivity (Wildman–Crippen MR) is 124 cm³/mol. The summed E-state index contributed by atoms with van der Waals surface area (Å²) >= 11 is 0. The molecule has 0 unspecified atom stereocenters. The molecule has 0 spiro atoms. The van der Waals surface area contributed by atoms with Crippen LogP contribution in [0.5, 0.6) is 0 Å². The van der Waals surface area contributed by atoms with E-state index in [2.05, 4.69) is 38.2 Å². The summed E-state index contributed by atoms with van der Waals surface area (Å²) in [6.07, 6.45) is 22.7.